The number of carbonyl (C=O) groups excluding carboxylic acids is 2. The lowest BCUT2D eigenvalue weighted by molar-refractivity contribution is -0.116. The van der Waals surface area contributed by atoms with Crippen LogP contribution in [-0.4, -0.2) is 18.9 Å². The quantitative estimate of drug-likeness (QED) is 0.868. The molecule has 132 valence electrons. The molecular weight excluding hydrogens is 312 g/mol. The van der Waals surface area contributed by atoms with Crippen molar-refractivity contribution in [2.75, 3.05) is 12.4 Å². The van der Waals surface area contributed by atoms with Crippen LogP contribution in [0.1, 0.15) is 48.7 Å². The van der Waals surface area contributed by atoms with E-state index in [1.807, 2.05) is 0 Å². The second kappa shape index (κ2) is 7.97. The van der Waals surface area contributed by atoms with E-state index in [1.54, 1.807) is 31.3 Å². The maximum Gasteiger partial charge on any atom is 0.251 e. The highest BCUT2D eigenvalue weighted by atomic mass is 16.2. The van der Waals surface area contributed by atoms with Crippen LogP contribution in [0, 0.1) is 0 Å². The first kappa shape index (κ1) is 18.7. The number of hydrogen-bond acceptors (Lipinski definition) is 2. The Kier molecular flexibility index (Phi) is 5.97. The maximum absolute atomic E-state index is 12.2. The minimum atomic E-state index is -0.171. The van der Waals surface area contributed by atoms with Crippen LogP contribution in [-0.2, 0) is 16.6 Å². The van der Waals surface area contributed by atoms with Gasteiger partial charge in [0.1, 0.15) is 0 Å². The zero-order valence-electron chi connectivity index (χ0n) is 15.3. The molecule has 2 N–H and O–H groups in total. The summed E-state index contributed by atoms with van der Waals surface area (Å²) < 4.78 is 0. The van der Waals surface area contributed by atoms with Crippen LogP contribution in [0.4, 0.5) is 5.69 Å². The van der Waals surface area contributed by atoms with Gasteiger partial charge in [0.15, 0.2) is 0 Å². The van der Waals surface area contributed by atoms with Gasteiger partial charge in [-0.15, -0.1) is 0 Å². The van der Waals surface area contributed by atoms with Crippen molar-refractivity contribution in [2.45, 2.75) is 39.0 Å². The predicted molar refractivity (Wildman–Crippen MR) is 102 cm³/mol. The molecule has 0 fully saturated rings. The molecule has 0 heterocycles. The monoisotopic (exact) mass is 338 g/mol. The van der Waals surface area contributed by atoms with E-state index in [4.69, 9.17) is 0 Å². The molecule has 0 saturated carbocycles. The summed E-state index contributed by atoms with van der Waals surface area (Å²) in [5.41, 5.74) is 3.72. The van der Waals surface area contributed by atoms with Crippen LogP contribution in [0.5, 0.6) is 0 Å². The van der Waals surface area contributed by atoms with Gasteiger partial charge < -0.3 is 10.6 Å². The van der Waals surface area contributed by atoms with Gasteiger partial charge in [-0.25, -0.2) is 0 Å². The van der Waals surface area contributed by atoms with Gasteiger partial charge in [-0.1, -0.05) is 51.1 Å². The normalized spacial score (nSPS) is 11.0. The number of amides is 2. The van der Waals surface area contributed by atoms with Gasteiger partial charge in [0.05, 0.1) is 0 Å². The molecule has 2 aromatic rings. The highest BCUT2D eigenvalue weighted by Gasteiger charge is 2.13. The zero-order chi connectivity index (χ0) is 18.4. The summed E-state index contributed by atoms with van der Waals surface area (Å²) in [5, 5.41) is 5.42. The third-order valence-corrected chi connectivity index (χ3v) is 4.10. The first-order valence-corrected chi connectivity index (χ1v) is 8.51. The Morgan fingerprint density at radius 1 is 1.00 bits per heavy atom. The van der Waals surface area contributed by atoms with E-state index in [9.17, 15) is 9.59 Å². The summed E-state index contributed by atoms with van der Waals surface area (Å²) in [5.74, 6) is -0.232. The summed E-state index contributed by atoms with van der Waals surface area (Å²) in [6.45, 7) is 6.55. The van der Waals surface area contributed by atoms with Gasteiger partial charge in [0, 0.05) is 24.7 Å². The fourth-order valence-electron chi connectivity index (χ4n) is 2.54. The molecule has 0 spiro atoms. The van der Waals surface area contributed by atoms with E-state index in [0.29, 0.717) is 24.1 Å². The van der Waals surface area contributed by atoms with Crippen molar-refractivity contribution >= 4 is 17.5 Å². The summed E-state index contributed by atoms with van der Waals surface area (Å²) in [6, 6.07) is 15.3. The van der Waals surface area contributed by atoms with Crippen LogP contribution in [0.15, 0.2) is 48.5 Å². The molecule has 2 aromatic carbocycles. The molecule has 25 heavy (non-hydrogen) atoms. The van der Waals surface area contributed by atoms with Gasteiger partial charge in [-0.05, 0) is 41.2 Å². The van der Waals surface area contributed by atoms with E-state index in [0.717, 1.165) is 5.56 Å². The molecule has 0 saturated heterocycles. The SMILES string of the molecule is CNC(=O)c1cccc(NC(=O)CCc2ccc(C(C)(C)C)cc2)c1. The average Bonchev–Trinajstić information content (AvgIpc) is 2.59. The van der Waals surface area contributed by atoms with Crippen molar-refractivity contribution in [1.82, 2.24) is 5.32 Å². The first-order valence-electron chi connectivity index (χ1n) is 8.51. The molecule has 4 nitrogen and oxygen atoms in total. The Hall–Kier alpha value is -2.62. The summed E-state index contributed by atoms with van der Waals surface area (Å²) in [6.07, 6.45) is 1.09. The number of benzene rings is 2. The lowest BCUT2D eigenvalue weighted by atomic mass is 9.86. The van der Waals surface area contributed by atoms with Crippen molar-refractivity contribution in [2.24, 2.45) is 0 Å². The molecule has 0 radical (unpaired) electrons. The second-order valence-electron chi connectivity index (χ2n) is 7.16. The van der Waals surface area contributed by atoms with Crippen LogP contribution >= 0.6 is 0 Å². The first-order chi connectivity index (χ1) is 11.8. The maximum atomic E-state index is 12.2. The fraction of sp³-hybridized carbons (Fsp3) is 0.333. The average molecular weight is 338 g/mol. The Morgan fingerprint density at radius 2 is 1.68 bits per heavy atom. The lowest BCUT2D eigenvalue weighted by Crippen LogP contribution is -2.18. The standard InChI is InChI=1S/C21H26N2O2/c1-21(2,3)17-11-8-15(9-12-17)10-13-19(24)23-18-7-5-6-16(14-18)20(25)22-4/h5-9,11-12,14H,10,13H2,1-4H3,(H,22,25)(H,23,24). The van der Waals surface area contributed by atoms with Crippen molar-refractivity contribution in [3.8, 4) is 0 Å². The Balaban J connectivity index is 1.92. The van der Waals surface area contributed by atoms with Crippen LogP contribution < -0.4 is 10.6 Å². The van der Waals surface area contributed by atoms with E-state index >= 15 is 0 Å². The second-order valence-corrected chi connectivity index (χ2v) is 7.16. The number of carbonyl (C=O) groups is 2. The summed E-state index contributed by atoms with van der Waals surface area (Å²) >= 11 is 0. The third-order valence-electron chi connectivity index (χ3n) is 4.10. The van der Waals surface area contributed by atoms with Crippen LogP contribution in [0.2, 0.25) is 0 Å². The van der Waals surface area contributed by atoms with Crippen LogP contribution in [0.25, 0.3) is 0 Å². The molecule has 2 rings (SSSR count). The smallest absolute Gasteiger partial charge is 0.251 e. The number of nitrogens with one attached hydrogen (secondary N) is 2. The molecule has 2 amide bonds. The molecule has 0 aliphatic carbocycles. The molecule has 0 unspecified atom stereocenters. The topological polar surface area (TPSA) is 58.2 Å². The minimum absolute atomic E-state index is 0.0612. The zero-order valence-corrected chi connectivity index (χ0v) is 15.3. The number of hydrogen-bond donors (Lipinski definition) is 2. The van der Waals surface area contributed by atoms with Crippen molar-refractivity contribution in [3.63, 3.8) is 0 Å². The van der Waals surface area contributed by atoms with Crippen molar-refractivity contribution in [3.05, 3.63) is 65.2 Å². The van der Waals surface area contributed by atoms with Gasteiger partial charge in [0.2, 0.25) is 5.91 Å². The van der Waals surface area contributed by atoms with Gasteiger partial charge >= 0.3 is 0 Å². The highest BCUT2D eigenvalue weighted by molar-refractivity contribution is 5.97. The minimum Gasteiger partial charge on any atom is -0.355 e. The van der Waals surface area contributed by atoms with Crippen molar-refractivity contribution < 1.29 is 9.59 Å². The van der Waals surface area contributed by atoms with E-state index in [1.165, 1.54) is 5.56 Å². The van der Waals surface area contributed by atoms with E-state index < -0.39 is 0 Å². The lowest BCUT2D eigenvalue weighted by Gasteiger charge is -2.19. The number of aryl methyl sites for hydroxylation is 1. The molecular formula is C21H26N2O2. The van der Waals surface area contributed by atoms with Crippen molar-refractivity contribution in [1.29, 1.82) is 0 Å². The molecule has 0 bridgehead atoms. The molecule has 0 aliphatic rings. The fourth-order valence-corrected chi connectivity index (χ4v) is 2.54. The Bertz CT molecular complexity index is 743. The third kappa shape index (κ3) is 5.45. The molecule has 4 heteroatoms. The Labute approximate surface area is 149 Å². The Morgan fingerprint density at radius 3 is 2.28 bits per heavy atom. The largest absolute Gasteiger partial charge is 0.355 e. The molecule has 0 atom stereocenters. The number of rotatable bonds is 5. The predicted octanol–water partition coefficient (Wildman–Crippen LogP) is 3.92. The molecule has 0 aromatic heterocycles. The van der Waals surface area contributed by atoms with E-state index in [2.05, 4.69) is 55.7 Å². The van der Waals surface area contributed by atoms with Gasteiger partial charge in [0.25, 0.3) is 5.91 Å². The van der Waals surface area contributed by atoms with Crippen LogP contribution in [0.3, 0.4) is 0 Å². The summed E-state index contributed by atoms with van der Waals surface area (Å²) in [7, 11) is 1.58. The van der Waals surface area contributed by atoms with Gasteiger partial charge in [-0.2, -0.15) is 0 Å². The highest BCUT2D eigenvalue weighted by Crippen LogP contribution is 2.22. The van der Waals surface area contributed by atoms with Gasteiger partial charge in [-0.3, -0.25) is 9.59 Å². The van der Waals surface area contributed by atoms with E-state index in [-0.39, 0.29) is 17.2 Å². The number of anilines is 1. The summed E-state index contributed by atoms with van der Waals surface area (Å²) in [4.78, 5) is 23.8. The molecule has 0 aliphatic heterocycles.